The van der Waals surface area contributed by atoms with Gasteiger partial charge in [0.05, 0.1) is 18.5 Å². The fourth-order valence-electron chi connectivity index (χ4n) is 2.61. The van der Waals surface area contributed by atoms with E-state index < -0.39 is 5.72 Å². The van der Waals surface area contributed by atoms with E-state index in [0.717, 1.165) is 5.69 Å². The number of para-hydroxylation sites is 2. The first-order valence-corrected chi connectivity index (χ1v) is 6.54. The van der Waals surface area contributed by atoms with Crippen LogP contribution in [0.1, 0.15) is 5.56 Å². The van der Waals surface area contributed by atoms with Crippen LogP contribution in [0, 0.1) is 0 Å². The molecule has 0 fully saturated rings. The minimum atomic E-state index is -1.29. The molecule has 6 nitrogen and oxygen atoms in total. The Balaban J connectivity index is 1.85. The number of hydrogen-bond acceptors (Lipinski definition) is 5. The standard InChI is InChI=1S/C15H13N3O3/c1-20-9-6-7-11-10(8-9)15(14(19)16-11)18-17-12-4-2-3-5-13(12)21-15/h2-8,17-18H,1H3,(H,16,19). The van der Waals surface area contributed by atoms with Crippen molar-refractivity contribution in [3.63, 3.8) is 0 Å². The van der Waals surface area contributed by atoms with Gasteiger partial charge in [0.2, 0.25) is 0 Å². The van der Waals surface area contributed by atoms with Crippen molar-refractivity contribution < 1.29 is 14.3 Å². The van der Waals surface area contributed by atoms with Gasteiger partial charge in [0.15, 0.2) is 0 Å². The maximum absolute atomic E-state index is 12.4. The predicted molar refractivity (Wildman–Crippen MR) is 77.1 cm³/mol. The first-order chi connectivity index (χ1) is 10.2. The number of amides is 1. The molecular weight excluding hydrogens is 270 g/mol. The van der Waals surface area contributed by atoms with Gasteiger partial charge in [0, 0.05) is 5.56 Å². The highest BCUT2D eigenvalue weighted by Gasteiger charge is 2.52. The molecule has 1 amide bonds. The van der Waals surface area contributed by atoms with Crippen LogP contribution in [0.3, 0.4) is 0 Å². The third kappa shape index (κ3) is 1.59. The topological polar surface area (TPSA) is 71.6 Å². The molecule has 2 aliphatic rings. The quantitative estimate of drug-likeness (QED) is 0.744. The molecule has 1 unspecified atom stereocenters. The van der Waals surface area contributed by atoms with Crippen molar-refractivity contribution in [2.24, 2.45) is 0 Å². The molecule has 0 radical (unpaired) electrons. The summed E-state index contributed by atoms with van der Waals surface area (Å²) in [6.07, 6.45) is 0. The minimum Gasteiger partial charge on any atom is -0.497 e. The third-order valence-electron chi connectivity index (χ3n) is 3.70. The van der Waals surface area contributed by atoms with E-state index >= 15 is 0 Å². The molecule has 21 heavy (non-hydrogen) atoms. The van der Waals surface area contributed by atoms with Crippen LogP contribution in [-0.4, -0.2) is 13.0 Å². The highest BCUT2D eigenvalue weighted by Crippen LogP contribution is 2.43. The number of hydrazine groups is 1. The zero-order chi connectivity index (χ0) is 14.4. The van der Waals surface area contributed by atoms with Crippen LogP contribution in [0.4, 0.5) is 11.4 Å². The van der Waals surface area contributed by atoms with Crippen LogP contribution in [0.15, 0.2) is 42.5 Å². The highest BCUT2D eigenvalue weighted by molar-refractivity contribution is 6.05. The lowest BCUT2D eigenvalue weighted by atomic mass is 10.0. The average molecular weight is 283 g/mol. The van der Waals surface area contributed by atoms with Crippen molar-refractivity contribution in [2.45, 2.75) is 5.72 Å². The van der Waals surface area contributed by atoms with E-state index in [-0.39, 0.29) is 5.91 Å². The Hall–Kier alpha value is -2.73. The van der Waals surface area contributed by atoms with E-state index in [1.54, 1.807) is 25.3 Å². The van der Waals surface area contributed by atoms with Crippen LogP contribution in [0.25, 0.3) is 0 Å². The van der Waals surface area contributed by atoms with E-state index in [1.165, 1.54) is 0 Å². The molecule has 0 aliphatic carbocycles. The van der Waals surface area contributed by atoms with E-state index in [4.69, 9.17) is 9.47 Å². The molecule has 0 saturated heterocycles. The van der Waals surface area contributed by atoms with Crippen molar-refractivity contribution >= 4 is 17.3 Å². The van der Waals surface area contributed by atoms with Crippen LogP contribution < -0.4 is 25.6 Å². The summed E-state index contributed by atoms with van der Waals surface area (Å²) in [5, 5.41) is 2.82. The van der Waals surface area contributed by atoms with E-state index in [1.807, 2.05) is 24.3 Å². The lowest BCUT2D eigenvalue weighted by Crippen LogP contribution is -2.57. The normalized spacial score (nSPS) is 21.9. The smallest absolute Gasteiger partial charge is 0.291 e. The van der Waals surface area contributed by atoms with Gasteiger partial charge in [-0.3, -0.25) is 4.79 Å². The molecule has 1 spiro atoms. The minimum absolute atomic E-state index is 0.271. The Kier molecular flexibility index (Phi) is 2.37. The predicted octanol–water partition coefficient (Wildman–Crippen LogP) is 1.81. The van der Waals surface area contributed by atoms with Gasteiger partial charge in [-0.2, -0.15) is 5.43 Å². The molecule has 2 aliphatic heterocycles. The van der Waals surface area contributed by atoms with E-state index in [2.05, 4.69) is 16.2 Å². The van der Waals surface area contributed by atoms with Crippen LogP contribution in [0.2, 0.25) is 0 Å². The lowest BCUT2D eigenvalue weighted by molar-refractivity contribution is -0.134. The van der Waals surface area contributed by atoms with Crippen molar-refractivity contribution in [1.82, 2.24) is 5.43 Å². The number of carbonyl (C=O) groups excluding carboxylic acids is 1. The molecule has 4 rings (SSSR count). The Labute approximate surface area is 121 Å². The fraction of sp³-hybridized carbons (Fsp3) is 0.133. The molecule has 2 aromatic rings. The van der Waals surface area contributed by atoms with Crippen molar-refractivity contribution in [3.8, 4) is 11.5 Å². The highest BCUT2D eigenvalue weighted by atomic mass is 16.5. The second kappa shape index (κ2) is 4.13. The Morgan fingerprint density at radius 3 is 2.86 bits per heavy atom. The summed E-state index contributed by atoms with van der Waals surface area (Å²) in [5.41, 5.74) is 6.88. The number of rotatable bonds is 1. The maximum Gasteiger partial charge on any atom is 0.291 e. The van der Waals surface area contributed by atoms with Gasteiger partial charge in [-0.05, 0) is 30.3 Å². The lowest BCUT2D eigenvalue weighted by Gasteiger charge is -2.35. The molecule has 106 valence electrons. The number of nitrogens with one attached hydrogen (secondary N) is 3. The summed E-state index contributed by atoms with van der Waals surface area (Å²) < 4.78 is 11.2. The van der Waals surface area contributed by atoms with Crippen LogP contribution >= 0.6 is 0 Å². The first-order valence-electron chi connectivity index (χ1n) is 6.54. The molecule has 1 atom stereocenters. The monoisotopic (exact) mass is 283 g/mol. The van der Waals surface area contributed by atoms with Crippen molar-refractivity contribution in [2.75, 3.05) is 17.9 Å². The summed E-state index contributed by atoms with van der Waals surface area (Å²) in [5.74, 6) is 1.00. The number of benzene rings is 2. The second-order valence-corrected chi connectivity index (χ2v) is 4.90. The average Bonchev–Trinajstić information content (AvgIpc) is 2.79. The Morgan fingerprint density at radius 1 is 1.14 bits per heavy atom. The number of fused-ring (bicyclic) bond motifs is 3. The SMILES string of the molecule is COc1ccc2c(c1)C1(NNc3ccccc3O1)C(=O)N2. The van der Waals surface area contributed by atoms with Gasteiger partial charge in [-0.25, -0.2) is 0 Å². The maximum atomic E-state index is 12.4. The zero-order valence-electron chi connectivity index (χ0n) is 11.3. The molecule has 0 bridgehead atoms. The van der Waals surface area contributed by atoms with Gasteiger partial charge in [0.25, 0.3) is 11.6 Å². The number of ether oxygens (including phenoxy) is 2. The molecule has 3 N–H and O–H groups in total. The molecule has 6 heteroatoms. The summed E-state index contributed by atoms with van der Waals surface area (Å²) in [6.45, 7) is 0. The van der Waals surface area contributed by atoms with E-state index in [9.17, 15) is 4.79 Å². The fourth-order valence-corrected chi connectivity index (χ4v) is 2.61. The second-order valence-electron chi connectivity index (χ2n) is 4.90. The van der Waals surface area contributed by atoms with Gasteiger partial charge in [0.1, 0.15) is 11.5 Å². The van der Waals surface area contributed by atoms with Gasteiger partial charge in [-0.15, -0.1) is 0 Å². The zero-order valence-corrected chi connectivity index (χ0v) is 11.3. The van der Waals surface area contributed by atoms with Gasteiger partial charge >= 0.3 is 0 Å². The van der Waals surface area contributed by atoms with E-state index in [0.29, 0.717) is 22.7 Å². The first kappa shape index (κ1) is 12.0. The summed E-state index contributed by atoms with van der Waals surface area (Å²) in [6, 6.07) is 12.8. The van der Waals surface area contributed by atoms with Crippen molar-refractivity contribution in [1.29, 1.82) is 0 Å². The van der Waals surface area contributed by atoms with Gasteiger partial charge in [-0.1, -0.05) is 12.1 Å². The molecule has 0 saturated carbocycles. The van der Waals surface area contributed by atoms with Crippen LogP contribution in [-0.2, 0) is 10.5 Å². The van der Waals surface area contributed by atoms with Gasteiger partial charge < -0.3 is 20.2 Å². The summed E-state index contributed by atoms with van der Waals surface area (Å²) in [4.78, 5) is 12.4. The largest absolute Gasteiger partial charge is 0.497 e. The molecule has 0 aromatic heterocycles. The van der Waals surface area contributed by atoms with Crippen molar-refractivity contribution in [3.05, 3.63) is 48.0 Å². The number of carbonyl (C=O) groups is 1. The number of anilines is 2. The Morgan fingerprint density at radius 2 is 2.00 bits per heavy atom. The number of methoxy groups -OCH3 is 1. The Bertz CT molecular complexity index is 747. The third-order valence-corrected chi connectivity index (χ3v) is 3.70. The summed E-state index contributed by atoms with van der Waals surface area (Å²) >= 11 is 0. The summed E-state index contributed by atoms with van der Waals surface area (Å²) in [7, 11) is 1.58. The molecule has 2 heterocycles. The molecular formula is C15H13N3O3. The molecule has 2 aromatic carbocycles. The van der Waals surface area contributed by atoms with Crippen LogP contribution in [0.5, 0.6) is 11.5 Å². The number of hydrogen-bond donors (Lipinski definition) is 3.